The molecule has 1 N–H and O–H groups in total. The van der Waals surface area contributed by atoms with Gasteiger partial charge in [0.2, 0.25) is 5.91 Å². The fourth-order valence-corrected chi connectivity index (χ4v) is 3.54. The predicted molar refractivity (Wildman–Crippen MR) is 95.0 cm³/mol. The summed E-state index contributed by atoms with van der Waals surface area (Å²) in [5, 5.41) is 3.07. The maximum absolute atomic E-state index is 12.4. The summed E-state index contributed by atoms with van der Waals surface area (Å²) in [5.74, 6) is 1.11. The summed E-state index contributed by atoms with van der Waals surface area (Å²) in [7, 11) is 0. The standard InChI is InChI=1S/C19H27N3O2/c1-13(2)22-17-9-5-4-8-16(17)21-18(22)10-11-20-19(23)15-7-6-12-24-14(15)3/h4-5,8-9,13-15H,6-7,10-12H2,1-3H3,(H,20,23). The van der Waals surface area contributed by atoms with Crippen molar-refractivity contribution in [1.82, 2.24) is 14.9 Å². The molecule has 1 saturated heterocycles. The minimum Gasteiger partial charge on any atom is -0.378 e. The molecule has 3 rings (SSSR count). The number of hydrogen-bond donors (Lipinski definition) is 1. The van der Waals surface area contributed by atoms with Crippen LogP contribution in [0, 0.1) is 5.92 Å². The molecule has 2 aromatic rings. The Hall–Kier alpha value is -1.88. The van der Waals surface area contributed by atoms with Crippen LogP contribution in [0.3, 0.4) is 0 Å². The van der Waals surface area contributed by atoms with Crippen LogP contribution in [0.2, 0.25) is 0 Å². The Balaban J connectivity index is 1.65. The zero-order valence-corrected chi connectivity index (χ0v) is 14.8. The fraction of sp³-hybridized carbons (Fsp3) is 0.579. The molecule has 0 spiro atoms. The third kappa shape index (κ3) is 3.46. The molecule has 5 heteroatoms. The number of hydrogen-bond acceptors (Lipinski definition) is 3. The van der Waals surface area contributed by atoms with Crippen LogP contribution in [0.25, 0.3) is 11.0 Å². The van der Waals surface area contributed by atoms with Gasteiger partial charge in [-0.15, -0.1) is 0 Å². The Morgan fingerprint density at radius 2 is 2.21 bits per heavy atom. The second-order valence-electron chi connectivity index (χ2n) is 6.85. The number of carbonyl (C=O) groups is 1. The van der Waals surface area contributed by atoms with Gasteiger partial charge in [-0.25, -0.2) is 4.98 Å². The first kappa shape index (κ1) is 17.0. The Labute approximate surface area is 143 Å². The number of fused-ring (bicyclic) bond motifs is 1. The number of aromatic nitrogens is 2. The molecule has 1 aromatic carbocycles. The number of rotatable bonds is 5. The van der Waals surface area contributed by atoms with E-state index >= 15 is 0 Å². The van der Waals surface area contributed by atoms with Crippen molar-refractivity contribution in [2.45, 2.75) is 52.2 Å². The van der Waals surface area contributed by atoms with E-state index in [9.17, 15) is 4.79 Å². The summed E-state index contributed by atoms with van der Waals surface area (Å²) < 4.78 is 7.85. The van der Waals surface area contributed by atoms with E-state index in [0.29, 0.717) is 12.6 Å². The summed E-state index contributed by atoms with van der Waals surface area (Å²) in [4.78, 5) is 17.1. The summed E-state index contributed by atoms with van der Waals surface area (Å²) in [6, 6.07) is 8.53. The SMILES string of the molecule is CC1OCCCC1C(=O)NCCc1nc2ccccc2n1C(C)C. The van der Waals surface area contributed by atoms with Gasteiger partial charge in [0.05, 0.1) is 23.1 Å². The zero-order chi connectivity index (χ0) is 17.1. The molecule has 0 aliphatic carbocycles. The van der Waals surface area contributed by atoms with Gasteiger partial charge in [-0.2, -0.15) is 0 Å². The molecule has 0 radical (unpaired) electrons. The van der Waals surface area contributed by atoms with Crippen molar-refractivity contribution < 1.29 is 9.53 Å². The quantitative estimate of drug-likeness (QED) is 0.917. The van der Waals surface area contributed by atoms with Gasteiger partial charge in [0.1, 0.15) is 5.82 Å². The largest absolute Gasteiger partial charge is 0.378 e. The molecular weight excluding hydrogens is 302 g/mol. The van der Waals surface area contributed by atoms with E-state index in [1.807, 2.05) is 25.1 Å². The van der Waals surface area contributed by atoms with Gasteiger partial charge >= 0.3 is 0 Å². The van der Waals surface area contributed by atoms with E-state index in [1.54, 1.807) is 0 Å². The minimum atomic E-state index is -0.0253. The van der Waals surface area contributed by atoms with Gasteiger partial charge in [0.25, 0.3) is 0 Å². The summed E-state index contributed by atoms with van der Waals surface area (Å²) in [6.07, 6.45) is 2.63. The summed E-state index contributed by atoms with van der Waals surface area (Å²) >= 11 is 0. The normalized spacial score (nSPS) is 21.3. The van der Waals surface area contributed by atoms with Crippen LogP contribution in [-0.4, -0.2) is 34.7 Å². The maximum atomic E-state index is 12.4. The van der Waals surface area contributed by atoms with Crippen LogP contribution in [0.4, 0.5) is 0 Å². The van der Waals surface area contributed by atoms with Gasteiger partial charge in [-0.1, -0.05) is 12.1 Å². The first-order valence-corrected chi connectivity index (χ1v) is 8.93. The third-order valence-electron chi connectivity index (χ3n) is 4.78. The lowest BCUT2D eigenvalue weighted by atomic mass is 9.94. The Morgan fingerprint density at radius 3 is 2.96 bits per heavy atom. The maximum Gasteiger partial charge on any atom is 0.225 e. The lowest BCUT2D eigenvalue weighted by Gasteiger charge is -2.28. The number of imidazole rings is 1. The van der Waals surface area contributed by atoms with Crippen molar-refractivity contribution in [2.75, 3.05) is 13.2 Å². The highest BCUT2D eigenvalue weighted by atomic mass is 16.5. The monoisotopic (exact) mass is 329 g/mol. The van der Waals surface area contributed by atoms with Crippen LogP contribution in [-0.2, 0) is 16.0 Å². The van der Waals surface area contributed by atoms with Crippen molar-refractivity contribution >= 4 is 16.9 Å². The highest BCUT2D eigenvalue weighted by molar-refractivity contribution is 5.79. The smallest absolute Gasteiger partial charge is 0.225 e. The molecule has 2 atom stereocenters. The molecule has 1 aliphatic rings. The van der Waals surface area contributed by atoms with Crippen molar-refractivity contribution in [3.8, 4) is 0 Å². The molecule has 0 bridgehead atoms. The van der Waals surface area contributed by atoms with Crippen molar-refractivity contribution in [3.63, 3.8) is 0 Å². The molecule has 1 aliphatic heterocycles. The van der Waals surface area contributed by atoms with Gasteiger partial charge in [-0.3, -0.25) is 4.79 Å². The Kier molecular flexibility index (Phi) is 5.19. The van der Waals surface area contributed by atoms with E-state index in [2.05, 4.69) is 29.8 Å². The molecule has 2 unspecified atom stereocenters. The molecular formula is C19H27N3O2. The van der Waals surface area contributed by atoms with E-state index in [-0.39, 0.29) is 17.9 Å². The van der Waals surface area contributed by atoms with Gasteiger partial charge < -0.3 is 14.6 Å². The first-order valence-electron chi connectivity index (χ1n) is 8.93. The second kappa shape index (κ2) is 7.34. The molecule has 2 heterocycles. The van der Waals surface area contributed by atoms with Gasteiger partial charge in [0, 0.05) is 25.6 Å². The molecule has 1 aromatic heterocycles. The first-order chi connectivity index (χ1) is 11.6. The fourth-order valence-electron chi connectivity index (χ4n) is 3.54. The van der Waals surface area contributed by atoms with Crippen LogP contribution >= 0.6 is 0 Å². The van der Waals surface area contributed by atoms with E-state index in [1.165, 1.54) is 0 Å². The number of nitrogens with one attached hydrogen (secondary N) is 1. The number of para-hydroxylation sites is 2. The van der Waals surface area contributed by atoms with Gasteiger partial charge in [0.15, 0.2) is 0 Å². The van der Waals surface area contributed by atoms with E-state index < -0.39 is 0 Å². The summed E-state index contributed by atoms with van der Waals surface area (Å²) in [6.45, 7) is 7.69. The summed E-state index contributed by atoms with van der Waals surface area (Å²) in [5.41, 5.74) is 2.17. The zero-order valence-electron chi connectivity index (χ0n) is 14.8. The Morgan fingerprint density at radius 1 is 1.42 bits per heavy atom. The number of amides is 1. The molecule has 1 fully saturated rings. The lowest BCUT2D eigenvalue weighted by molar-refractivity contribution is -0.133. The van der Waals surface area contributed by atoms with E-state index in [0.717, 1.165) is 42.7 Å². The second-order valence-corrected chi connectivity index (χ2v) is 6.85. The molecule has 0 saturated carbocycles. The lowest BCUT2D eigenvalue weighted by Crippen LogP contribution is -2.41. The number of benzene rings is 1. The average molecular weight is 329 g/mol. The van der Waals surface area contributed by atoms with Crippen molar-refractivity contribution in [2.24, 2.45) is 5.92 Å². The van der Waals surface area contributed by atoms with Crippen molar-refractivity contribution in [3.05, 3.63) is 30.1 Å². The highest BCUT2D eigenvalue weighted by Gasteiger charge is 2.28. The van der Waals surface area contributed by atoms with E-state index in [4.69, 9.17) is 9.72 Å². The third-order valence-corrected chi connectivity index (χ3v) is 4.78. The van der Waals surface area contributed by atoms with Crippen LogP contribution in [0.15, 0.2) is 24.3 Å². The molecule has 5 nitrogen and oxygen atoms in total. The highest BCUT2D eigenvalue weighted by Crippen LogP contribution is 2.22. The molecule has 130 valence electrons. The number of carbonyl (C=O) groups excluding carboxylic acids is 1. The minimum absolute atomic E-state index is 0.0130. The van der Waals surface area contributed by atoms with Crippen LogP contribution in [0.1, 0.15) is 45.5 Å². The van der Waals surface area contributed by atoms with Crippen molar-refractivity contribution in [1.29, 1.82) is 0 Å². The molecule has 1 amide bonds. The number of nitrogens with zero attached hydrogens (tertiary/aromatic N) is 2. The average Bonchev–Trinajstić information content (AvgIpc) is 2.93. The molecule has 24 heavy (non-hydrogen) atoms. The van der Waals surface area contributed by atoms with Gasteiger partial charge in [-0.05, 0) is 45.7 Å². The van der Waals surface area contributed by atoms with Crippen LogP contribution < -0.4 is 5.32 Å². The van der Waals surface area contributed by atoms with Crippen LogP contribution in [0.5, 0.6) is 0 Å². The topological polar surface area (TPSA) is 56.1 Å². The predicted octanol–water partition coefficient (Wildman–Crippen LogP) is 3.09. The number of ether oxygens (including phenoxy) is 1. The Bertz CT molecular complexity index is 708.